The molecule has 0 atom stereocenters. The Morgan fingerprint density at radius 3 is 2.64 bits per heavy atom. The lowest BCUT2D eigenvalue weighted by molar-refractivity contribution is 0.865. The van der Waals surface area contributed by atoms with Gasteiger partial charge in [0.05, 0.1) is 5.69 Å². The molecule has 0 saturated heterocycles. The van der Waals surface area contributed by atoms with Crippen molar-refractivity contribution in [3.8, 4) is 0 Å². The van der Waals surface area contributed by atoms with Gasteiger partial charge in [-0.25, -0.2) is 4.98 Å². The number of rotatable bonds is 1. The van der Waals surface area contributed by atoms with Gasteiger partial charge in [0.25, 0.3) is 0 Å². The van der Waals surface area contributed by atoms with E-state index in [2.05, 4.69) is 20.4 Å². The van der Waals surface area contributed by atoms with Crippen LogP contribution >= 0.6 is 11.6 Å². The highest BCUT2D eigenvalue weighted by atomic mass is 35.5. The summed E-state index contributed by atoms with van der Waals surface area (Å²) in [5, 5.41) is 7.74. The molecular formula is C8H10ClN5. The standard InChI is InChI=1S/C8H10ClN5/c1-4-6(9)7-11-5(2)12-8(10-3)14(7)13-4/h1-3H3,(H,10,11,12). The molecule has 0 aliphatic heterocycles. The smallest absolute Gasteiger partial charge is 0.227 e. The number of aromatic nitrogens is 4. The molecule has 0 saturated carbocycles. The van der Waals surface area contributed by atoms with Gasteiger partial charge in [-0.3, -0.25) is 0 Å². The van der Waals surface area contributed by atoms with Gasteiger partial charge in [0, 0.05) is 7.05 Å². The molecule has 2 heterocycles. The molecule has 0 unspecified atom stereocenters. The number of nitrogens with zero attached hydrogens (tertiary/aromatic N) is 4. The maximum atomic E-state index is 6.04. The first-order chi connectivity index (χ1) is 6.63. The second-order valence-electron chi connectivity index (χ2n) is 2.98. The zero-order valence-electron chi connectivity index (χ0n) is 8.17. The van der Waals surface area contributed by atoms with E-state index in [-0.39, 0.29) is 0 Å². The third-order valence-corrected chi connectivity index (χ3v) is 2.37. The van der Waals surface area contributed by atoms with E-state index >= 15 is 0 Å². The summed E-state index contributed by atoms with van der Waals surface area (Å²) in [5.41, 5.74) is 1.39. The Bertz CT molecular complexity index is 490. The first-order valence-electron chi connectivity index (χ1n) is 4.20. The van der Waals surface area contributed by atoms with Crippen LogP contribution in [0.15, 0.2) is 0 Å². The van der Waals surface area contributed by atoms with Crippen molar-refractivity contribution in [3.63, 3.8) is 0 Å². The quantitative estimate of drug-likeness (QED) is 0.776. The molecule has 0 radical (unpaired) electrons. The third-order valence-electron chi connectivity index (χ3n) is 1.92. The highest BCUT2D eigenvalue weighted by molar-refractivity contribution is 6.34. The maximum Gasteiger partial charge on any atom is 0.227 e. The predicted octanol–water partition coefficient (Wildman–Crippen LogP) is 1.44. The molecule has 0 bridgehead atoms. The lowest BCUT2D eigenvalue weighted by Gasteiger charge is -2.02. The van der Waals surface area contributed by atoms with Crippen LogP contribution in [0.3, 0.4) is 0 Å². The molecule has 0 spiro atoms. The van der Waals surface area contributed by atoms with Crippen LogP contribution in [0.25, 0.3) is 5.65 Å². The highest BCUT2D eigenvalue weighted by Gasteiger charge is 2.12. The molecule has 0 amide bonds. The number of nitrogens with one attached hydrogen (secondary N) is 1. The van der Waals surface area contributed by atoms with Crippen molar-refractivity contribution in [2.24, 2.45) is 0 Å². The molecule has 2 rings (SSSR count). The Hall–Kier alpha value is -1.36. The molecule has 0 fully saturated rings. The number of hydrogen-bond acceptors (Lipinski definition) is 4. The van der Waals surface area contributed by atoms with Crippen LogP contribution in [-0.2, 0) is 0 Å². The average molecular weight is 212 g/mol. The Morgan fingerprint density at radius 2 is 2.00 bits per heavy atom. The van der Waals surface area contributed by atoms with Crippen molar-refractivity contribution in [3.05, 3.63) is 16.5 Å². The van der Waals surface area contributed by atoms with Crippen LogP contribution in [-0.4, -0.2) is 26.6 Å². The van der Waals surface area contributed by atoms with Crippen molar-refractivity contribution in [2.45, 2.75) is 13.8 Å². The van der Waals surface area contributed by atoms with Gasteiger partial charge in [0.15, 0.2) is 5.65 Å². The lowest BCUT2D eigenvalue weighted by atomic mass is 10.5. The van der Waals surface area contributed by atoms with E-state index in [0.717, 1.165) is 5.69 Å². The fraction of sp³-hybridized carbons (Fsp3) is 0.375. The van der Waals surface area contributed by atoms with E-state index in [1.165, 1.54) is 0 Å². The van der Waals surface area contributed by atoms with E-state index < -0.39 is 0 Å². The monoisotopic (exact) mass is 211 g/mol. The molecule has 6 heteroatoms. The van der Waals surface area contributed by atoms with Gasteiger partial charge in [-0.15, -0.1) is 0 Å². The van der Waals surface area contributed by atoms with Gasteiger partial charge in [0.2, 0.25) is 5.95 Å². The summed E-state index contributed by atoms with van der Waals surface area (Å²) in [6.07, 6.45) is 0. The number of hydrogen-bond donors (Lipinski definition) is 1. The maximum absolute atomic E-state index is 6.04. The number of halogens is 1. The lowest BCUT2D eigenvalue weighted by Crippen LogP contribution is -2.05. The van der Waals surface area contributed by atoms with Gasteiger partial charge in [-0.1, -0.05) is 11.6 Å². The summed E-state index contributed by atoms with van der Waals surface area (Å²) in [5.74, 6) is 1.31. The van der Waals surface area contributed by atoms with Crippen LogP contribution in [0.1, 0.15) is 11.5 Å². The highest BCUT2D eigenvalue weighted by Crippen LogP contribution is 2.21. The second kappa shape index (κ2) is 3.09. The molecule has 14 heavy (non-hydrogen) atoms. The summed E-state index contributed by atoms with van der Waals surface area (Å²) in [6.45, 7) is 3.66. The summed E-state index contributed by atoms with van der Waals surface area (Å²) in [6, 6.07) is 0. The molecule has 0 aliphatic rings. The Kier molecular flexibility index (Phi) is 2.03. The first kappa shape index (κ1) is 9.21. The molecule has 1 N–H and O–H groups in total. The van der Waals surface area contributed by atoms with Crippen LogP contribution in [0.4, 0.5) is 5.95 Å². The van der Waals surface area contributed by atoms with Gasteiger partial charge in [0.1, 0.15) is 10.8 Å². The minimum Gasteiger partial charge on any atom is -0.357 e. The SMILES string of the molecule is CNc1nc(C)nc2c(Cl)c(C)nn12. The van der Waals surface area contributed by atoms with Gasteiger partial charge in [-0.05, 0) is 13.8 Å². The Morgan fingerprint density at radius 1 is 1.29 bits per heavy atom. The minimum absolute atomic E-state index is 0.576. The van der Waals surface area contributed by atoms with Crippen molar-refractivity contribution in [1.82, 2.24) is 19.6 Å². The normalized spacial score (nSPS) is 10.9. The van der Waals surface area contributed by atoms with Gasteiger partial charge >= 0.3 is 0 Å². The van der Waals surface area contributed by atoms with Crippen LogP contribution in [0.5, 0.6) is 0 Å². The predicted molar refractivity (Wildman–Crippen MR) is 54.8 cm³/mol. The van der Waals surface area contributed by atoms with Gasteiger partial charge < -0.3 is 5.32 Å². The summed E-state index contributed by atoms with van der Waals surface area (Å²) < 4.78 is 1.60. The van der Waals surface area contributed by atoms with Crippen molar-refractivity contribution in [1.29, 1.82) is 0 Å². The zero-order chi connectivity index (χ0) is 10.3. The molecule has 2 aromatic heterocycles. The molecule has 2 aromatic rings. The number of anilines is 1. The fourth-order valence-electron chi connectivity index (χ4n) is 1.28. The Labute approximate surface area is 86.1 Å². The second-order valence-corrected chi connectivity index (χ2v) is 3.36. The minimum atomic E-state index is 0.576. The average Bonchev–Trinajstić information content (AvgIpc) is 2.43. The van der Waals surface area contributed by atoms with Crippen molar-refractivity contribution in [2.75, 3.05) is 12.4 Å². The van der Waals surface area contributed by atoms with Gasteiger partial charge in [-0.2, -0.15) is 14.6 Å². The topological polar surface area (TPSA) is 55.1 Å². The van der Waals surface area contributed by atoms with E-state index in [4.69, 9.17) is 11.6 Å². The summed E-state index contributed by atoms with van der Waals surface area (Å²) in [7, 11) is 1.78. The third kappa shape index (κ3) is 1.21. The number of aryl methyl sites for hydroxylation is 2. The van der Waals surface area contributed by atoms with E-state index in [9.17, 15) is 0 Å². The zero-order valence-corrected chi connectivity index (χ0v) is 8.92. The molecule has 5 nitrogen and oxygen atoms in total. The largest absolute Gasteiger partial charge is 0.357 e. The van der Waals surface area contributed by atoms with Crippen molar-refractivity contribution < 1.29 is 0 Å². The first-order valence-corrected chi connectivity index (χ1v) is 4.58. The van der Waals surface area contributed by atoms with Crippen LogP contribution in [0.2, 0.25) is 5.02 Å². The summed E-state index contributed by atoms with van der Waals surface area (Å²) >= 11 is 6.04. The molecule has 0 aromatic carbocycles. The van der Waals surface area contributed by atoms with E-state index in [0.29, 0.717) is 22.4 Å². The fourth-order valence-corrected chi connectivity index (χ4v) is 1.44. The number of fused-ring (bicyclic) bond motifs is 1. The van der Waals surface area contributed by atoms with E-state index in [1.54, 1.807) is 11.6 Å². The summed E-state index contributed by atoms with van der Waals surface area (Å²) in [4.78, 5) is 8.42. The Balaban J connectivity index is 2.87. The van der Waals surface area contributed by atoms with Crippen LogP contribution in [0, 0.1) is 13.8 Å². The van der Waals surface area contributed by atoms with Crippen LogP contribution < -0.4 is 5.32 Å². The molecule has 0 aliphatic carbocycles. The molecular weight excluding hydrogens is 202 g/mol. The van der Waals surface area contributed by atoms with E-state index in [1.807, 2.05) is 13.8 Å². The van der Waals surface area contributed by atoms with Crippen molar-refractivity contribution >= 4 is 23.2 Å². The molecule has 74 valence electrons.